The van der Waals surface area contributed by atoms with Gasteiger partial charge >= 0.3 is 0 Å². The summed E-state index contributed by atoms with van der Waals surface area (Å²) >= 11 is 0. The molecule has 0 amide bonds. The van der Waals surface area contributed by atoms with E-state index in [4.69, 9.17) is 4.42 Å². The molecule has 0 fully saturated rings. The van der Waals surface area contributed by atoms with Gasteiger partial charge < -0.3 is 4.42 Å². The molecule has 0 atom stereocenters. The third-order valence-corrected chi connectivity index (χ3v) is 11.6. The first-order chi connectivity index (χ1) is 28.2. The predicted molar refractivity (Wildman–Crippen MR) is 242 cm³/mol. The van der Waals surface area contributed by atoms with E-state index in [0.717, 1.165) is 40.3 Å². The Morgan fingerprint density at radius 3 is 1.25 bits per heavy atom. The molecule has 1 heterocycles. The van der Waals surface area contributed by atoms with Crippen LogP contribution in [0.25, 0.3) is 105 Å². The van der Waals surface area contributed by atoms with Gasteiger partial charge in [-0.1, -0.05) is 133 Å². The van der Waals surface area contributed by atoms with E-state index in [9.17, 15) is 0 Å². The standard InChI is InChI=1S/C56H38O/c1-3-11-37(12-4-1)47-29-49(43-21-19-39-15-7-9-17-41(39)27-43)33-51(31-47)45-23-25-55-53(35-45)54-36-46(24-26-56(54)57-55)52-32-48(38-13-5-2-6-14-38)30-50(34-52)44-22-20-40-16-8-10-18-42(40)28-44/h1,3-5,7-36H,2,6H2. The minimum Gasteiger partial charge on any atom is -0.456 e. The van der Waals surface area contributed by atoms with E-state index < -0.39 is 0 Å². The molecular formula is C56H38O. The van der Waals surface area contributed by atoms with Crippen LogP contribution in [-0.4, -0.2) is 0 Å². The molecule has 1 aromatic heterocycles. The summed E-state index contributed by atoms with van der Waals surface area (Å²) in [5.41, 5.74) is 16.2. The van der Waals surface area contributed by atoms with Crippen LogP contribution in [0.15, 0.2) is 211 Å². The summed E-state index contributed by atoms with van der Waals surface area (Å²) < 4.78 is 6.50. The van der Waals surface area contributed by atoms with Crippen molar-refractivity contribution in [2.45, 2.75) is 12.8 Å². The largest absolute Gasteiger partial charge is 0.456 e. The van der Waals surface area contributed by atoms with Gasteiger partial charge in [0.05, 0.1) is 0 Å². The Labute approximate surface area is 332 Å². The molecule has 268 valence electrons. The lowest BCUT2D eigenvalue weighted by Crippen LogP contribution is -1.90. The number of benzene rings is 9. The molecule has 0 saturated carbocycles. The van der Waals surface area contributed by atoms with Gasteiger partial charge in [0, 0.05) is 10.8 Å². The monoisotopic (exact) mass is 726 g/mol. The molecule has 0 aliphatic heterocycles. The summed E-state index contributed by atoms with van der Waals surface area (Å²) in [4.78, 5) is 0. The van der Waals surface area contributed by atoms with E-state index >= 15 is 0 Å². The quantitative estimate of drug-likeness (QED) is 0.166. The molecule has 0 bridgehead atoms. The number of hydrogen-bond acceptors (Lipinski definition) is 1. The first kappa shape index (κ1) is 33.1. The summed E-state index contributed by atoms with van der Waals surface area (Å²) in [5, 5.41) is 7.23. The first-order valence-electron chi connectivity index (χ1n) is 19.9. The minimum atomic E-state index is 0.892. The maximum atomic E-state index is 6.50. The second kappa shape index (κ2) is 13.8. The van der Waals surface area contributed by atoms with Gasteiger partial charge in [0.1, 0.15) is 11.2 Å². The van der Waals surface area contributed by atoms with E-state index in [1.165, 1.54) is 82.8 Å². The predicted octanol–water partition coefficient (Wildman–Crippen LogP) is 16.0. The van der Waals surface area contributed by atoms with Crippen LogP contribution in [0, 0.1) is 0 Å². The fourth-order valence-corrected chi connectivity index (χ4v) is 8.59. The summed E-state index contributed by atoms with van der Waals surface area (Å²) in [5.74, 6) is 0. The zero-order valence-corrected chi connectivity index (χ0v) is 31.5. The van der Waals surface area contributed by atoms with Crippen LogP contribution in [0.1, 0.15) is 18.4 Å². The second-order valence-corrected chi connectivity index (χ2v) is 15.3. The van der Waals surface area contributed by atoms with Crippen LogP contribution in [-0.2, 0) is 0 Å². The van der Waals surface area contributed by atoms with Crippen LogP contribution in [0.4, 0.5) is 0 Å². The summed E-state index contributed by atoms with van der Waals surface area (Å²) in [6.45, 7) is 0. The Balaban J connectivity index is 1.05. The van der Waals surface area contributed by atoms with Crippen molar-refractivity contribution in [3.63, 3.8) is 0 Å². The molecule has 0 N–H and O–H groups in total. The van der Waals surface area contributed by atoms with E-state index in [2.05, 4.69) is 206 Å². The van der Waals surface area contributed by atoms with Gasteiger partial charge in [0.2, 0.25) is 0 Å². The second-order valence-electron chi connectivity index (χ2n) is 15.3. The van der Waals surface area contributed by atoms with Crippen molar-refractivity contribution < 1.29 is 4.42 Å². The van der Waals surface area contributed by atoms with E-state index in [0.29, 0.717) is 0 Å². The summed E-state index contributed by atoms with van der Waals surface area (Å²) in [6, 6.07) is 68.8. The third kappa shape index (κ3) is 6.24. The van der Waals surface area contributed by atoms with Gasteiger partial charge in [-0.3, -0.25) is 0 Å². The van der Waals surface area contributed by atoms with Crippen LogP contribution < -0.4 is 0 Å². The Morgan fingerprint density at radius 2 is 0.737 bits per heavy atom. The molecule has 1 nitrogen and oxygen atoms in total. The van der Waals surface area contributed by atoms with E-state index in [-0.39, 0.29) is 0 Å². The first-order valence-corrected chi connectivity index (χ1v) is 19.9. The number of allylic oxidation sites excluding steroid dienone is 4. The maximum absolute atomic E-state index is 6.50. The van der Waals surface area contributed by atoms with Crippen LogP contribution in [0.2, 0.25) is 0 Å². The van der Waals surface area contributed by atoms with Gasteiger partial charge in [-0.05, 0) is 174 Å². The Morgan fingerprint density at radius 1 is 0.298 bits per heavy atom. The molecule has 1 heteroatoms. The van der Waals surface area contributed by atoms with Crippen molar-refractivity contribution >= 4 is 49.1 Å². The van der Waals surface area contributed by atoms with E-state index in [1.807, 2.05) is 0 Å². The molecule has 0 spiro atoms. The highest BCUT2D eigenvalue weighted by Crippen LogP contribution is 2.40. The van der Waals surface area contributed by atoms with E-state index in [1.54, 1.807) is 0 Å². The molecule has 1 aliphatic rings. The van der Waals surface area contributed by atoms with Crippen molar-refractivity contribution in [2.75, 3.05) is 0 Å². The average molecular weight is 727 g/mol. The summed E-state index contributed by atoms with van der Waals surface area (Å²) in [6.07, 6.45) is 9.09. The SMILES string of the molecule is C1=CC(c2cc(-c3ccc4ccccc4c3)cc(-c3ccc4oc5ccc(-c6cc(-c7ccccc7)cc(-c7ccc8ccccc8c7)c6)cc5c4c3)c2)=CCC1. The normalized spacial score (nSPS) is 12.8. The van der Waals surface area contributed by atoms with Gasteiger partial charge in [0.25, 0.3) is 0 Å². The molecule has 11 rings (SSSR count). The van der Waals surface area contributed by atoms with Crippen molar-refractivity contribution in [1.29, 1.82) is 0 Å². The highest BCUT2D eigenvalue weighted by molar-refractivity contribution is 6.08. The molecule has 1 aliphatic carbocycles. The Bertz CT molecular complexity index is 3230. The van der Waals surface area contributed by atoms with Crippen molar-refractivity contribution in [2.24, 2.45) is 0 Å². The highest BCUT2D eigenvalue weighted by atomic mass is 16.3. The number of furan rings is 1. The zero-order chi connectivity index (χ0) is 37.7. The topological polar surface area (TPSA) is 13.1 Å². The molecular weight excluding hydrogens is 689 g/mol. The highest BCUT2D eigenvalue weighted by Gasteiger charge is 2.15. The van der Waals surface area contributed by atoms with Crippen molar-refractivity contribution in [1.82, 2.24) is 0 Å². The van der Waals surface area contributed by atoms with Gasteiger partial charge in [-0.15, -0.1) is 0 Å². The smallest absolute Gasteiger partial charge is 0.135 e. The average Bonchev–Trinajstić information content (AvgIpc) is 3.66. The molecule has 10 aromatic rings. The van der Waals surface area contributed by atoms with Crippen molar-refractivity contribution in [3.05, 3.63) is 212 Å². The number of rotatable bonds is 6. The molecule has 0 unspecified atom stereocenters. The Hall–Kier alpha value is -7.22. The van der Waals surface area contributed by atoms with Gasteiger partial charge in [0.15, 0.2) is 0 Å². The van der Waals surface area contributed by atoms with Crippen LogP contribution in [0.5, 0.6) is 0 Å². The molecule has 57 heavy (non-hydrogen) atoms. The fourth-order valence-electron chi connectivity index (χ4n) is 8.59. The lowest BCUT2D eigenvalue weighted by Gasteiger charge is -2.14. The van der Waals surface area contributed by atoms with Gasteiger partial charge in [-0.25, -0.2) is 0 Å². The van der Waals surface area contributed by atoms with Crippen molar-refractivity contribution in [3.8, 4) is 55.6 Å². The van der Waals surface area contributed by atoms with Gasteiger partial charge in [-0.2, -0.15) is 0 Å². The molecule has 0 radical (unpaired) electrons. The third-order valence-electron chi connectivity index (χ3n) is 11.6. The lowest BCUT2D eigenvalue weighted by molar-refractivity contribution is 0.669. The lowest BCUT2D eigenvalue weighted by atomic mass is 9.90. The molecule has 9 aromatic carbocycles. The van der Waals surface area contributed by atoms with Crippen LogP contribution in [0.3, 0.4) is 0 Å². The zero-order valence-electron chi connectivity index (χ0n) is 31.5. The number of hydrogen-bond donors (Lipinski definition) is 0. The fraction of sp³-hybridized carbons (Fsp3) is 0.0357. The van der Waals surface area contributed by atoms with Crippen LogP contribution >= 0.6 is 0 Å². The molecule has 0 saturated heterocycles. The Kier molecular flexibility index (Phi) is 8.03. The minimum absolute atomic E-state index is 0.892. The maximum Gasteiger partial charge on any atom is 0.135 e. The summed E-state index contributed by atoms with van der Waals surface area (Å²) in [7, 11) is 0. The number of fused-ring (bicyclic) bond motifs is 5.